The number of anilines is 2. The van der Waals surface area contributed by atoms with E-state index in [1.165, 1.54) is 11.3 Å². The van der Waals surface area contributed by atoms with Crippen molar-refractivity contribution in [3.8, 4) is 5.75 Å². The molecule has 0 saturated carbocycles. The van der Waals surface area contributed by atoms with Crippen LogP contribution in [0.1, 0.15) is 19.5 Å². The predicted octanol–water partition coefficient (Wildman–Crippen LogP) is 3.26. The van der Waals surface area contributed by atoms with E-state index in [9.17, 15) is 9.90 Å². The number of aromatic nitrogens is 1. The van der Waals surface area contributed by atoms with Crippen LogP contribution in [0.25, 0.3) is 0 Å². The highest BCUT2D eigenvalue weighted by atomic mass is 32.1. The summed E-state index contributed by atoms with van der Waals surface area (Å²) in [5.74, 6) is -0.187. The Morgan fingerprint density at radius 2 is 2.10 bits per heavy atom. The Balaban J connectivity index is 2.24. The minimum Gasteiger partial charge on any atom is -0.495 e. The summed E-state index contributed by atoms with van der Waals surface area (Å²) in [7, 11) is 1.60. The number of ether oxygens (including phenoxy) is 1. The molecule has 0 unspecified atom stereocenters. The summed E-state index contributed by atoms with van der Waals surface area (Å²) in [5, 5.41) is 14.7. The maximum atomic E-state index is 11.2. The van der Waals surface area contributed by atoms with Gasteiger partial charge in [-0.1, -0.05) is 12.1 Å². The van der Waals surface area contributed by atoms with Gasteiger partial charge in [-0.15, -0.1) is 11.3 Å². The van der Waals surface area contributed by atoms with E-state index in [1.807, 2.05) is 24.3 Å². The quantitative estimate of drug-likeness (QED) is 0.885. The maximum absolute atomic E-state index is 11.2. The van der Waals surface area contributed by atoms with E-state index in [2.05, 4.69) is 10.3 Å². The lowest BCUT2D eigenvalue weighted by molar-refractivity contribution is -0.142. The van der Waals surface area contributed by atoms with Crippen LogP contribution in [-0.2, 0) is 10.2 Å². The van der Waals surface area contributed by atoms with Crippen LogP contribution in [0.5, 0.6) is 5.75 Å². The van der Waals surface area contributed by atoms with Gasteiger partial charge in [-0.3, -0.25) is 4.79 Å². The normalized spacial score (nSPS) is 11.2. The van der Waals surface area contributed by atoms with Gasteiger partial charge in [0.1, 0.15) is 11.2 Å². The summed E-state index contributed by atoms with van der Waals surface area (Å²) < 4.78 is 5.25. The molecule has 0 aliphatic rings. The molecule has 0 atom stereocenters. The number of nitrogens with zero attached hydrogens (tertiary/aromatic N) is 1. The van der Waals surface area contributed by atoms with Crippen LogP contribution in [0.15, 0.2) is 29.6 Å². The van der Waals surface area contributed by atoms with E-state index in [-0.39, 0.29) is 0 Å². The number of carbonyl (C=O) groups is 1. The van der Waals surface area contributed by atoms with Crippen molar-refractivity contribution in [2.24, 2.45) is 0 Å². The molecule has 6 heteroatoms. The van der Waals surface area contributed by atoms with E-state index in [4.69, 9.17) is 4.74 Å². The first kappa shape index (κ1) is 14.3. The van der Waals surface area contributed by atoms with Gasteiger partial charge in [0.15, 0.2) is 5.13 Å². The Bertz CT molecular complexity index is 622. The highest BCUT2D eigenvalue weighted by molar-refractivity contribution is 7.13. The van der Waals surface area contributed by atoms with E-state index in [0.29, 0.717) is 16.6 Å². The largest absolute Gasteiger partial charge is 0.495 e. The van der Waals surface area contributed by atoms with Gasteiger partial charge >= 0.3 is 5.97 Å². The third-order valence-corrected chi connectivity index (χ3v) is 3.79. The van der Waals surface area contributed by atoms with Crippen LogP contribution in [0.2, 0.25) is 0 Å². The lowest BCUT2D eigenvalue weighted by Crippen LogP contribution is -2.28. The van der Waals surface area contributed by atoms with Crippen LogP contribution < -0.4 is 10.1 Å². The van der Waals surface area contributed by atoms with Crippen molar-refractivity contribution in [3.05, 3.63) is 35.3 Å². The van der Waals surface area contributed by atoms with Gasteiger partial charge in [-0.05, 0) is 26.0 Å². The molecule has 2 aromatic rings. The summed E-state index contributed by atoms with van der Waals surface area (Å²) in [6.07, 6.45) is 0. The van der Waals surface area contributed by atoms with Gasteiger partial charge in [0.25, 0.3) is 0 Å². The van der Waals surface area contributed by atoms with Crippen molar-refractivity contribution in [1.82, 2.24) is 4.98 Å². The number of thiazole rings is 1. The highest BCUT2D eigenvalue weighted by Crippen LogP contribution is 2.31. The first-order valence-electron chi connectivity index (χ1n) is 6.04. The third kappa shape index (κ3) is 2.75. The molecule has 2 rings (SSSR count). The number of benzene rings is 1. The van der Waals surface area contributed by atoms with Crippen molar-refractivity contribution in [1.29, 1.82) is 0 Å². The van der Waals surface area contributed by atoms with Crippen LogP contribution in [0.3, 0.4) is 0 Å². The number of para-hydroxylation sites is 2. The Morgan fingerprint density at radius 1 is 1.40 bits per heavy atom. The lowest BCUT2D eigenvalue weighted by atomic mass is 9.90. The van der Waals surface area contributed by atoms with Crippen LogP contribution in [0, 0.1) is 0 Å². The molecule has 20 heavy (non-hydrogen) atoms. The van der Waals surface area contributed by atoms with E-state index in [0.717, 1.165) is 5.69 Å². The molecule has 1 heterocycles. The SMILES string of the molecule is COc1ccccc1Nc1nc(C(C)(C)C(=O)O)cs1. The van der Waals surface area contributed by atoms with Gasteiger partial charge < -0.3 is 15.2 Å². The first-order chi connectivity index (χ1) is 9.45. The molecule has 0 radical (unpaired) electrons. The van der Waals surface area contributed by atoms with Crippen LogP contribution in [-0.4, -0.2) is 23.2 Å². The molecule has 0 spiro atoms. The minimum absolute atomic E-state index is 0.535. The molecule has 1 aromatic heterocycles. The third-order valence-electron chi connectivity index (χ3n) is 3.03. The standard InChI is InChI=1S/C14H16N2O3S/c1-14(2,12(17)18)11-8-20-13(16-11)15-9-6-4-5-7-10(9)19-3/h4-8H,1-3H3,(H,15,16)(H,17,18). The van der Waals surface area contributed by atoms with E-state index in [1.54, 1.807) is 26.3 Å². The molecule has 0 amide bonds. The number of carboxylic acid groups (broad SMARTS) is 1. The van der Waals surface area contributed by atoms with E-state index < -0.39 is 11.4 Å². The number of methoxy groups -OCH3 is 1. The number of rotatable bonds is 5. The monoisotopic (exact) mass is 292 g/mol. The average molecular weight is 292 g/mol. The summed E-state index contributed by atoms with van der Waals surface area (Å²) in [6.45, 7) is 3.27. The fourth-order valence-electron chi connectivity index (χ4n) is 1.59. The van der Waals surface area contributed by atoms with Crippen molar-refractivity contribution >= 4 is 28.1 Å². The molecule has 2 N–H and O–H groups in total. The molecule has 106 valence electrons. The second-order valence-electron chi connectivity index (χ2n) is 4.79. The molecular weight excluding hydrogens is 276 g/mol. The lowest BCUT2D eigenvalue weighted by Gasteiger charge is -2.15. The van der Waals surface area contributed by atoms with Gasteiger partial charge in [-0.2, -0.15) is 0 Å². The van der Waals surface area contributed by atoms with Gasteiger partial charge in [0.05, 0.1) is 18.5 Å². The highest BCUT2D eigenvalue weighted by Gasteiger charge is 2.32. The number of hydrogen-bond donors (Lipinski definition) is 2. The van der Waals surface area contributed by atoms with Gasteiger partial charge in [0, 0.05) is 5.38 Å². The van der Waals surface area contributed by atoms with E-state index >= 15 is 0 Å². The molecule has 0 bridgehead atoms. The van der Waals surface area contributed by atoms with Crippen LogP contribution >= 0.6 is 11.3 Å². The molecule has 5 nitrogen and oxygen atoms in total. The van der Waals surface area contributed by atoms with Gasteiger partial charge in [-0.25, -0.2) is 4.98 Å². The van der Waals surface area contributed by atoms with Crippen LogP contribution in [0.4, 0.5) is 10.8 Å². The molecule has 0 aliphatic heterocycles. The molecule has 1 aromatic carbocycles. The van der Waals surface area contributed by atoms with Crippen molar-refractivity contribution in [3.63, 3.8) is 0 Å². The average Bonchev–Trinajstić information content (AvgIpc) is 2.88. The summed E-state index contributed by atoms with van der Waals surface area (Å²) in [4.78, 5) is 15.6. The predicted molar refractivity (Wildman–Crippen MR) is 79.1 cm³/mol. The Hall–Kier alpha value is -2.08. The number of carboxylic acids is 1. The van der Waals surface area contributed by atoms with Gasteiger partial charge in [0.2, 0.25) is 0 Å². The molecule has 0 saturated heterocycles. The maximum Gasteiger partial charge on any atom is 0.315 e. The summed E-state index contributed by atoms with van der Waals surface area (Å²) in [6, 6.07) is 7.49. The first-order valence-corrected chi connectivity index (χ1v) is 6.92. The zero-order valence-electron chi connectivity index (χ0n) is 11.5. The fraction of sp³-hybridized carbons (Fsp3) is 0.286. The number of nitrogens with one attached hydrogen (secondary N) is 1. The molecule has 0 fully saturated rings. The minimum atomic E-state index is -1.00. The Morgan fingerprint density at radius 3 is 2.75 bits per heavy atom. The Labute approximate surface area is 121 Å². The summed E-state index contributed by atoms with van der Waals surface area (Å²) in [5.41, 5.74) is 0.327. The number of aliphatic carboxylic acids is 1. The van der Waals surface area contributed by atoms with Crippen molar-refractivity contribution in [2.45, 2.75) is 19.3 Å². The van der Waals surface area contributed by atoms with Crippen molar-refractivity contribution < 1.29 is 14.6 Å². The Kier molecular flexibility index (Phi) is 3.94. The zero-order chi connectivity index (χ0) is 14.8. The van der Waals surface area contributed by atoms with Crippen molar-refractivity contribution in [2.75, 3.05) is 12.4 Å². The second kappa shape index (κ2) is 5.50. The zero-order valence-corrected chi connectivity index (χ0v) is 12.3. The summed E-state index contributed by atoms with van der Waals surface area (Å²) >= 11 is 1.37. The molecular formula is C14H16N2O3S. The smallest absolute Gasteiger partial charge is 0.315 e. The topological polar surface area (TPSA) is 71.5 Å². The number of hydrogen-bond acceptors (Lipinski definition) is 5. The second-order valence-corrected chi connectivity index (χ2v) is 5.65. The molecule has 0 aliphatic carbocycles. The fourth-order valence-corrected chi connectivity index (χ4v) is 2.48.